The summed E-state index contributed by atoms with van der Waals surface area (Å²) in [6.07, 6.45) is 0.908. The van der Waals surface area contributed by atoms with Gasteiger partial charge in [0, 0.05) is 6.04 Å². The summed E-state index contributed by atoms with van der Waals surface area (Å²) in [4.78, 5) is 2.11. The summed E-state index contributed by atoms with van der Waals surface area (Å²) in [6.45, 7) is 0.960. The van der Waals surface area contributed by atoms with Crippen LogP contribution in [0.25, 0.3) is 0 Å². The minimum Gasteiger partial charge on any atom is -0.324 e. The lowest BCUT2D eigenvalue weighted by Gasteiger charge is -2.15. The number of hydrogen-bond donors (Lipinski definition) is 1. The number of hydrogen-bond acceptors (Lipinski definition) is 2. The first-order chi connectivity index (χ1) is 7.00. The standard InChI is InChI=1S/C11H16Cl2N2/c1-15(2)6-5-11(14)8-3-4-9(12)10(13)7-8/h3-4,7,11H,5-6,14H2,1-2H3. The summed E-state index contributed by atoms with van der Waals surface area (Å²) < 4.78 is 0. The van der Waals surface area contributed by atoms with E-state index in [1.165, 1.54) is 0 Å². The second-order valence-electron chi connectivity index (χ2n) is 3.87. The van der Waals surface area contributed by atoms with Gasteiger partial charge in [0.15, 0.2) is 0 Å². The Balaban J connectivity index is 2.65. The average Bonchev–Trinajstić information content (AvgIpc) is 2.18. The van der Waals surface area contributed by atoms with E-state index >= 15 is 0 Å². The predicted octanol–water partition coefficient (Wildman–Crippen LogP) is 2.94. The minimum atomic E-state index is 0.0159. The Morgan fingerprint density at radius 1 is 1.27 bits per heavy atom. The van der Waals surface area contributed by atoms with Crippen LogP contribution in [0.1, 0.15) is 18.0 Å². The van der Waals surface area contributed by atoms with Gasteiger partial charge < -0.3 is 10.6 Å². The average molecular weight is 247 g/mol. The van der Waals surface area contributed by atoms with Gasteiger partial charge >= 0.3 is 0 Å². The van der Waals surface area contributed by atoms with Crippen molar-refractivity contribution in [1.29, 1.82) is 0 Å². The van der Waals surface area contributed by atoms with E-state index in [-0.39, 0.29) is 6.04 Å². The number of rotatable bonds is 4. The molecular formula is C11H16Cl2N2. The monoisotopic (exact) mass is 246 g/mol. The normalized spacial score (nSPS) is 13.2. The molecule has 0 aliphatic carbocycles. The van der Waals surface area contributed by atoms with E-state index in [9.17, 15) is 0 Å². The molecule has 1 unspecified atom stereocenters. The van der Waals surface area contributed by atoms with Crippen molar-refractivity contribution >= 4 is 23.2 Å². The van der Waals surface area contributed by atoms with Crippen molar-refractivity contribution < 1.29 is 0 Å². The molecule has 0 saturated carbocycles. The van der Waals surface area contributed by atoms with Crippen LogP contribution >= 0.6 is 23.2 Å². The molecule has 2 N–H and O–H groups in total. The molecule has 4 heteroatoms. The largest absolute Gasteiger partial charge is 0.324 e. The molecule has 15 heavy (non-hydrogen) atoms. The lowest BCUT2D eigenvalue weighted by atomic mass is 10.0. The van der Waals surface area contributed by atoms with Gasteiger partial charge in [-0.15, -0.1) is 0 Å². The number of halogens is 2. The first-order valence-corrected chi connectivity index (χ1v) is 5.61. The quantitative estimate of drug-likeness (QED) is 0.886. The van der Waals surface area contributed by atoms with Crippen molar-refractivity contribution in [3.8, 4) is 0 Å². The van der Waals surface area contributed by atoms with Crippen LogP contribution in [-0.4, -0.2) is 25.5 Å². The molecule has 2 nitrogen and oxygen atoms in total. The van der Waals surface area contributed by atoms with Crippen LogP contribution in [-0.2, 0) is 0 Å². The fourth-order valence-corrected chi connectivity index (χ4v) is 1.61. The van der Waals surface area contributed by atoms with Crippen molar-refractivity contribution in [2.24, 2.45) is 5.73 Å². The highest BCUT2D eigenvalue weighted by molar-refractivity contribution is 6.42. The van der Waals surface area contributed by atoms with E-state index in [2.05, 4.69) is 4.90 Å². The van der Waals surface area contributed by atoms with E-state index in [1.807, 2.05) is 26.2 Å². The van der Waals surface area contributed by atoms with Crippen LogP contribution in [0.4, 0.5) is 0 Å². The maximum Gasteiger partial charge on any atom is 0.0595 e. The van der Waals surface area contributed by atoms with Gasteiger partial charge in [0.05, 0.1) is 10.0 Å². The van der Waals surface area contributed by atoms with Gasteiger partial charge in [0.1, 0.15) is 0 Å². The summed E-state index contributed by atoms with van der Waals surface area (Å²) in [5.74, 6) is 0. The second kappa shape index (κ2) is 5.71. The SMILES string of the molecule is CN(C)CCC(N)c1ccc(Cl)c(Cl)c1. The molecule has 0 heterocycles. The molecule has 0 radical (unpaired) electrons. The topological polar surface area (TPSA) is 29.3 Å². The lowest BCUT2D eigenvalue weighted by molar-refractivity contribution is 0.382. The smallest absolute Gasteiger partial charge is 0.0595 e. The first kappa shape index (κ1) is 12.8. The Morgan fingerprint density at radius 3 is 2.47 bits per heavy atom. The van der Waals surface area contributed by atoms with Gasteiger partial charge in [-0.2, -0.15) is 0 Å². The maximum atomic E-state index is 6.03. The highest BCUT2D eigenvalue weighted by atomic mass is 35.5. The van der Waals surface area contributed by atoms with Crippen molar-refractivity contribution in [3.05, 3.63) is 33.8 Å². The van der Waals surface area contributed by atoms with Crippen LogP contribution in [0.5, 0.6) is 0 Å². The fourth-order valence-electron chi connectivity index (χ4n) is 1.31. The number of nitrogens with two attached hydrogens (primary N) is 1. The van der Waals surface area contributed by atoms with Crippen LogP contribution < -0.4 is 5.73 Å². The second-order valence-corrected chi connectivity index (χ2v) is 4.69. The third-order valence-corrected chi connectivity index (χ3v) is 3.00. The van der Waals surface area contributed by atoms with Crippen LogP contribution in [0.15, 0.2) is 18.2 Å². The Morgan fingerprint density at radius 2 is 1.93 bits per heavy atom. The summed E-state index contributed by atoms with van der Waals surface area (Å²) in [5, 5.41) is 1.13. The highest BCUT2D eigenvalue weighted by Gasteiger charge is 2.08. The fraction of sp³-hybridized carbons (Fsp3) is 0.455. The summed E-state index contributed by atoms with van der Waals surface area (Å²) in [5.41, 5.74) is 7.07. The molecule has 0 spiro atoms. The molecule has 0 saturated heterocycles. The molecule has 0 amide bonds. The Labute approximate surface area is 101 Å². The molecule has 1 rings (SSSR count). The van der Waals surface area contributed by atoms with Crippen LogP contribution in [0.2, 0.25) is 10.0 Å². The molecule has 0 aliphatic rings. The zero-order chi connectivity index (χ0) is 11.4. The van der Waals surface area contributed by atoms with Gasteiger partial charge in [-0.3, -0.25) is 0 Å². The van der Waals surface area contributed by atoms with Gasteiger partial charge in [-0.05, 0) is 44.8 Å². The zero-order valence-electron chi connectivity index (χ0n) is 9.00. The minimum absolute atomic E-state index is 0.0159. The molecule has 84 valence electrons. The maximum absolute atomic E-state index is 6.03. The summed E-state index contributed by atoms with van der Waals surface area (Å²) in [7, 11) is 4.06. The zero-order valence-corrected chi connectivity index (χ0v) is 10.5. The van der Waals surface area contributed by atoms with Crippen molar-refractivity contribution in [2.45, 2.75) is 12.5 Å². The van der Waals surface area contributed by atoms with E-state index in [4.69, 9.17) is 28.9 Å². The molecular weight excluding hydrogens is 231 g/mol. The van der Waals surface area contributed by atoms with Gasteiger partial charge in [-0.25, -0.2) is 0 Å². The van der Waals surface area contributed by atoms with Crippen molar-refractivity contribution in [1.82, 2.24) is 4.90 Å². The lowest BCUT2D eigenvalue weighted by Crippen LogP contribution is -2.20. The van der Waals surface area contributed by atoms with Gasteiger partial charge in [-0.1, -0.05) is 29.3 Å². The molecule has 0 bridgehead atoms. The van der Waals surface area contributed by atoms with E-state index in [0.29, 0.717) is 10.0 Å². The molecule has 0 aliphatic heterocycles. The molecule has 1 aromatic carbocycles. The van der Waals surface area contributed by atoms with Gasteiger partial charge in [0.2, 0.25) is 0 Å². The summed E-state index contributed by atoms with van der Waals surface area (Å²) in [6, 6.07) is 5.56. The van der Waals surface area contributed by atoms with Gasteiger partial charge in [0.25, 0.3) is 0 Å². The highest BCUT2D eigenvalue weighted by Crippen LogP contribution is 2.25. The molecule has 0 fully saturated rings. The predicted molar refractivity (Wildman–Crippen MR) is 66.6 cm³/mol. The third kappa shape index (κ3) is 3.99. The van der Waals surface area contributed by atoms with E-state index in [0.717, 1.165) is 18.5 Å². The van der Waals surface area contributed by atoms with Crippen molar-refractivity contribution in [2.75, 3.05) is 20.6 Å². The van der Waals surface area contributed by atoms with Crippen LogP contribution in [0.3, 0.4) is 0 Å². The summed E-state index contributed by atoms with van der Waals surface area (Å²) >= 11 is 11.8. The number of nitrogens with zero attached hydrogens (tertiary/aromatic N) is 1. The number of benzene rings is 1. The molecule has 1 aromatic rings. The van der Waals surface area contributed by atoms with E-state index < -0.39 is 0 Å². The Bertz CT molecular complexity index is 326. The molecule has 1 atom stereocenters. The third-order valence-electron chi connectivity index (χ3n) is 2.26. The van der Waals surface area contributed by atoms with E-state index in [1.54, 1.807) is 6.07 Å². The van der Waals surface area contributed by atoms with Crippen molar-refractivity contribution in [3.63, 3.8) is 0 Å². The van der Waals surface area contributed by atoms with Crippen LogP contribution in [0, 0.1) is 0 Å². The Kier molecular flexibility index (Phi) is 4.87. The first-order valence-electron chi connectivity index (χ1n) is 4.86. The molecule has 0 aromatic heterocycles. The Hall–Kier alpha value is -0.280.